The molecule has 0 saturated carbocycles. The molecule has 7 heteroatoms. The molecule has 21 heavy (non-hydrogen) atoms. The van der Waals surface area contributed by atoms with E-state index in [0.29, 0.717) is 17.8 Å². The van der Waals surface area contributed by atoms with Crippen molar-refractivity contribution in [2.45, 2.75) is 18.9 Å². The van der Waals surface area contributed by atoms with Crippen molar-refractivity contribution in [2.75, 3.05) is 6.54 Å². The van der Waals surface area contributed by atoms with Crippen LogP contribution in [0.1, 0.15) is 22.5 Å². The second-order valence-electron chi connectivity index (χ2n) is 4.76. The molecular formula is C14H13N3O3S. The predicted octanol–water partition coefficient (Wildman–Crippen LogP) is 1.89. The number of hydrogen-bond donors (Lipinski definition) is 1. The van der Waals surface area contributed by atoms with Crippen molar-refractivity contribution in [3.8, 4) is 10.6 Å². The van der Waals surface area contributed by atoms with Gasteiger partial charge in [0.25, 0.3) is 5.91 Å². The Balaban J connectivity index is 1.83. The van der Waals surface area contributed by atoms with E-state index < -0.39 is 12.0 Å². The first-order valence-electron chi connectivity index (χ1n) is 6.57. The molecule has 1 atom stereocenters. The van der Waals surface area contributed by atoms with Crippen molar-refractivity contribution in [1.29, 1.82) is 0 Å². The van der Waals surface area contributed by atoms with E-state index in [9.17, 15) is 9.59 Å². The van der Waals surface area contributed by atoms with Crippen LogP contribution in [0.15, 0.2) is 30.7 Å². The molecule has 2 aromatic heterocycles. The maximum atomic E-state index is 12.4. The van der Waals surface area contributed by atoms with Gasteiger partial charge in [-0.1, -0.05) is 0 Å². The van der Waals surface area contributed by atoms with Gasteiger partial charge in [-0.15, -0.1) is 11.3 Å². The van der Waals surface area contributed by atoms with Gasteiger partial charge in [0.05, 0.1) is 6.20 Å². The lowest BCUT2D eigenvalue weighted by molar-refractivity contribution is -0.141. The van der Waals surface area contributed by atoms with E-state index in [0.717, 1.165) is 17.0 Å². The van der Waals surface area contributed by atoms with Gasteiger partial charge >= 0.3 is 5.97 Å². The second kappa shape index (κ2) is 5.61. The molecule has 1 amide bonds. The summed E-state index contributed by atoms with van der Waals surface area (Å²) in [4.78, 5) is 33.7. The maximum absolute atomic E-state index is 12.4. The number of nitrogens with zero attached hydrogens (tertiary/aromatic N) is 3. The smallest absolute Gasteiger partial charge is 0.326 e. The SMILES string of the molecule is O=C(O)C1CCCN1C(=O)c1cnc(-c2ccncc2)s1. The number of rotatable bonds is 3. The third-order valence-electron chi connectivity index (χ3n) is 3.44. The van der Waals surface area contributed by atoms with Gasteiger partial charge in [-0.25, -0.2) is 9.78 Å². The average Bonchev–Trinajstić information content (AvgIpc) is 3.17. The molecule has 6 nitrogen and oxygen atoms in total. The standard InChI is InChI=1S/C14H13N3O3S/c18-13(17-7-1-2-10(17)14(19)20)11-8-16-12(21-11)9-3-5-15-6-4-9/h3-6,8,10H,1-2,7H2,(H,19,20). The summed E-state index contributed by atoms with van der Waals surface area (Å²) in [6, 6.07) is 2.93. The molecule has 3 rings (SSSR count). The highest BCUT2D eigenvalue weighted by molar-refractivity contribution is 7.16. The highest BCUT2D eigenvalue weighted by atomic mass is 32.1. The third-order valence-corrected chi connectivity index (χ3v) is 4.48. The quantitative estimate of drug-likeness (QED) is 0.936. The highest BCUT2D eigenvalue weighted by Crippen LogP contribution is 2.27. The van der Waals surface area contributed by atoms with Gasteiger partial charge in [0.2, 0.25) is 0 Å². The molecule has 108 valence electrons. The van der Waals surface area contributed by atoms with Crippen molar-refractivity contribution >= 4 is 23.2 Å². The molecule has 1 N–H and O–H groups in total. The molecule has 1 unspecified atom stereocenters. The summed E-state index contributed by atoms with van der Waals surface area (Å²) in [5, 5.41) is 9.88. The topological polar surface area (TPSA) is 83.4 Å². The van der Waals surface area contributed by atoms with E-state index in [4.69, 9.17) is 5.11 Å². The van der Waals surface area contributed by atoms with Crippen LogP contribution < -0.4 is 0 Å². The van der Waals surface area contributed by atoms with Crippen LogP contribution in [0.5, 0.6) is 0 Å². The van der Waals surface area contributed by atoms with Gasteiger partial charge in [-0.05, 0) is 25.0 Å². The van der Waals surface area contributed by atoms with E-state index in [1.165, 1.54) is 22.4 Å². The lowest BCUT2D eigenvalue weighted by atomic mass is 10.2. The predicted molar refractivity (Wildman–Crippen MR) is 77.0 cm³/mol. The number of carbonyl (C=O) groups is 2. The molecule has 1 fully saturated rings. The molecule has 1 aliphatic heterocycles. The number of aromatic nitrogens is 2. The van der Waals surface area contributed by atoms with Gasteiger partial charge in [0.1, 0.15) is 15.9 Å². The molecule has 0 bridgehead atoms. The molecular weight excluding hydrogens is 290 g/mol. The first-order valence-corrected chi connectivity index (χ1v) is 7.38. The van der Waals surface area contributed by atoms with Crippen molar-refractivity contribution in [3.63, 3.8) is 0 Å². The Hall–Kier alpha value is -2.28. The van der Waals surface area contributed by atoms with Crippen molar-refractivity contribution in [2.24, 2.45) is 0 Å². The van der Waals surface area contributed by atoms with E-state index in [2.05, 4.69) is 9.97 Å². The lowest BCUT2D eigenvalue weighted by Gasteiger charge is -2.20. The van der Waals surface area contributed by atoms with E-state index >= 15 is 0 Å². The number of aliphatic carboxylic acids is 1. The minimum Gasteiger partial charge on any atom is -0.480 e. The minimum absolute atomic E-state index is 0.252. The Labute approximate surface area is 125 Å². The summed E-state index contributed by atoms with van der Waals surface area (Å²) in [6.07, 6.45) is 6.08. The lowest BCUT2D eigenvalue weighted by Crippen LogP contribution is -2.40. The van der Waals surface area contributed by atoms with Gasteiger partial charge < -0.3 is 10.0 Å². The van der Waals surface area contributed by atoms with Crippen LogP contribution in [0, 0.1) is 0 Å². The number of pyridine rings is 1. The molecule has 0 spiro atoms. The van der Waals surface area contributed by atoms with Gasteiger partial charge in [0.15, 0.2) is 0 Å². The normalized spacial score (nSPS) is 17.9. The van der Waals surface area contributed by atoms with Crippen LogP contribution in [0.2, 0.25) is 0 Å². The van der Waals surface area contributed by atoms with Crippen LogP contribution in [0.4, 0.5) is 0 Å². The fourth-order valence-corrected chi connectivity index (χ4v) is 3.29. The fourth-order valence-electron chi connectivity index (χ4n) is 2.41. The van der Waals surface area contributed by atoms with Gasteiger partial charge in [-0.3, -0.25) is 9.78 Å². The van der Waals surface area contributed by atoms with Gasteiger partial charge in [0, 0.05) is 24.5 Å². The summed E-state index contributed by atoms with van der Waals surface area (Å²) in [5.74, 6) is -1.20. The van der Waals surface area contributed by atoms with Gasteiger partial charge in [-0.2, -0.15) is 0 Å². The molecule has 0 radical (unpaired) electrons. The fraction of sp³-hybridized carbons (Fsp3) is 0.286. The van der Waals surface area contributed by atoms with Crippen molar-refractivity contribution in [3.05, 3.63) is 35.6 Å². The van der Waals surface area contributed by atoms with E-state index in [1.54, 1.807) is 12.4 Å². The summed E-state index contributed by atoms with van der Waals surface area (Å²) in [5.41, 5.74) is 0.894. The van der Waals surface area contributed by atoms with Crippen LogP contribution in [-0.4, -0.2) is 44.4 Å². The van der Waals surface area contributed by atoms with Crippen LogP contribution in [-0.2, 0) is 4.79 Å². The van der Waals surface area contributed by atoms with Crippen LogP contribution in [0.25, 0.3) is 10.6 Å². The molecule has 1 aliphatic rings. The number of thiazole rings is 1. The number of likely N-dealkylation sites (tertiary alicyclic amines) is 1. The van der Waals surface area contributed by atoms with Crippen molar-refractivity contribution in [1.82, 2.24) is 14.9 Å². The maximum Gasteiger partial charge on any atom is 0.326 e. The Kier molecular flexibility index (Phi) is 3.66. The van der Waals surface area contributed by atoms with E-state index in [-0.39, 0.29) is 5.91 Å². The number of carbonyl (C=O) groups excluding carboxylic acids is 1. The molecule has 0 aromatic carbocycles. The summed E-state index contributed by atoms with van der Waals surface area (Å²) < 4.78 is 0. The Morgan fingerprint density at radius 3 is 2.81 bits per heavy atom. The Morgan fingerprint density at radius 2 is 2.10 bits per heavy atom. The zero-order valence-corrected chi connectivity index (χ0v) is 11.9. The van der Waals surface area contributed by atoms with Crippen LogP contribution in [0.3, 0.4) is 0 Å². The number of carboxylic acid groups (broad SMARTS) is 1. The monoisotopic (exact) mass is 303 g/mol. The zero-order valence-electron chi connectivity index (χ0n) is 11.1. The van der Waals surface area contributed by atoms with Crippen LogP contribution >= 0.6 is 11.3 Å². The second-order valence-corrected chi connectivity index (χ2v) is 5.79. The zero-order chi connectivity index (χ0) is 14.8. The average molecular weight is 303 g/mol. The Bertz CT molecular complexity index is 671. The third kappa shape index (κ3) is 2.64. The number of carboxylic acids is 1. The van der Waals surface area contributed by atoms with Crippen molar-refractivity contribution < 1.29 is 14.7 Å². The first-order chi connectivity index (χ1) is 10.2. The molecule has 0 aliphatic carbocycles. The first kappa shape index (κ1) is 13.7. The molecule has 1 saturated heterocycles. The summed E-state index contributed by atoms with van der Waals surface area (Å²) >= 11 is 1.27. The number of hydrogen-bond acceptors (Lipinski definition) is 5. The largest absolute Gasteiger partial charge is 0.480 e. The minimum atomic E-state index is -0.945. The molecule has 3 heterocycles. The molecule has 2 aromatic rings. The highest BCUT2D eigenvalue weighted by Gasteiger charge is 2.35. The number of amides is 1. The summed E-state index contributed by atoms with van der Waals surface area (Å²) in [6.45, 7) is 0.484. The summed E-state index contributed by atoms with van der Waals surface area (Å²) in [7, 11) is 0. The van der Waals surface area contributed by atoms with E-state index in [1.807, 2.05) is 12.1 Å². The Morgan fingerprint density at radius 1 is 1.33 bits per heavy atom.